The summed E-state index contributed by atoms with van der Waals surface area (Å²) in [6, 6.07) is 2.45. The molecular formula is C13H5Cl2F6N5. The first-order valence-corrected chi connectivity index (χ1v) is 7.31. The van der Waals surface area contributed by atoms with Crippen LogP contribution >= 0.6 is 23.2 Å². The van der Waals surface area contributed by atoms with Crippen molar-refractivity contribution >= 4 is 40.1 Å². The molecule has 0 fully saturated rings. The van der Waals surface area contributed by atoms with Gasteiger partial charge in [0.2, 0.25) is 0 Å². The number of hydrogen-bond acceptors (Lipinski definition) is 4. The molecule has 0 aliphatic heterocycles. The molecule has 0 aromatic carbocycles. The molecule has 0 unspecified atom stereocenters. The van der Waals surface area contributed by atoms with E-state index in [4.69, 9.17) is 28.9 Å². The van der Waals surface area contributed by atoms with Crippen molar-refractivity contribution in [1.82, 2.24) is 19.7 Å². The third-order valence-electron chi connectivity index (χ3n) is 3.27. The number of nitrogens with two attached hydrogens (primary N) is 1. The Balaban J connectivity index is 2.40. The summed E-state index contributed by atoms with van der Waals surface area (Å²) in [4.78, 5) is 6.92. The van der Waals surface area contributed by atoms with Crippen LogP contribution in [0.25, 0.3) is 16.9 Å². The van der Waals surface area contributed by atoms with Crippen molar-refractivity contribution in [2.24, 2.45) is 0 Å². The van der Waals surface area contributed by atoms with Crippen LogP contribution in [0.15, 0.2) is 18.2 Å². The predicted octanol–water partition coefficient (Wildman–Crippen LogP) is 4.74. The number of nitrogens with zero attached hydrogens (tertiary/aromatic N) is 4. The first-order valence-electron chi connectivity index (χ1n) is 6.55. The molecule has 0 aliphatic rings. The smallest absolute Gasteiger partial charge is 0.383 e. The van der Waals surface area contributed by atoms with Gasteiger partial charge in [0.25, 0.3) is 0 Å². The van der Waals surface area contributed by atoms with E-state index < -0.39 is 40.5 Å². The molecule has 13 heteroatoms. The lowest BCUT2D eigenvalue weighted by Crippen LogP contribution is -2.13. The van der Waals surface area contributed by atoms with E-state index in [9.17, 15) is 26.3 Å². The number of rotatable bonds is 1. The van der Waals surface area contributed by atoms with Crippen molar-refractivity contribution in [3.63, 3.8) is 0 Å². The van der Waals surface area contributed by atoms with Gasteiger partial charge in [0.05, 0.1) is 16.0 Å². The molecule has 3 rings (SSSR count). The van der Waals surface area contributed by atoms with Crippen LogP contribution < -0.4 is 5.73 Å². The lowest BCUT2D eigenvalue weighted by molar-refractivity contribution is -0.144. The highest BCUT2D eigenvalue weighted by molar-refractivity contribution is 6.33. The second-order valence-corrected chi connectivity index (χ2v) is 5.78. The van der Waals surface area contributed by atoms with Gasteiger partial charge in [0.15, 0.2) is 11.5 Å². The lowest BCUT2D eigenvalue weighted by Gasteiger charge is -2.12. The summed E-state index contributed by atoms with van der Waals surface area (Å²) >= 11 is 11.6. The number of pyridine rings is 2. The maximum Gasteiger partial charge on any atom is 0.433 e. The predicted molar refractivity (Wildman–Crippen MR) is 81.1 cm³/mol. The van der Waals surface area contributed by atoms with Crippen molar-refractivity contribution in [3.8, 4) is 5.82 Å². The van der Waals surface area contributed by atoms with Crippen LogP contribution in [0.1, 0.15) is 11.3 Å². The molecule has 0 radical (unpaired) electrons. The topological polar surface area (TPSA) is 69.6 Å². The quantitative estimate of drug-likeness (QED) is 0.460. The van der Waals surface area contributed by atoms with Gasteiger partial charge < -0.3 is 5.73 Å². The molecule has 0 saturated carbocycles. The first-order chi connectivity index (χ1) is 11.9. The number of fused-ring (bicyclic) bond motifs is 1. The van der Waals surface area contributed by atoms with Gasteiger partial charge in [-0.3, -0.25) is 0 Å². The Hall–Kier alpha value is -2.27. The van der Waals surface area contributed by atoms with Gasteiger partial charge in [-0.15, -0.1) is 5.10 Å². The van der Waals surface area contributed by atoms with Gasteiger partial charge in [0.1, 0.15) is 16.7 Å². The van der Waals surface area contributed by atoms with Crippen LogP contribution in [0.5, 0.6) is 0 Å². The van der Waals surface area contributed by atoms with E-state index in [0.29, 0.717) is 4.68 Å². The molecule has 0 saturated heterocycles. The number of nitrogen functional groups attached to an aromatic ring is 1. The molecule has 26 heavy (non-hydrogen) atoms. The first kappa shape index (κ1) is 18.5. The number of alkyl halides is 6. The molecule has 0 amide bonds. The van der Waals surface area contributed by atoms with Gasteiger partial charge in [-0.1, -0.05) is 23.2 Å². The fourth-order valence-corrected chi connectivity index (χ4v) is 2.53. The fourth-order valence-electron chi connectivity index (χ4n) is 2.20. The largest absolute Gasteiger partial charge is 0.433 e. The van der Waals surface area contributed by atoms with Gasteiger partial charge in [-0.25, -0.2) is 9.97 Å². The molecule has 5 nitrogen and oxygen atoms in total. The highest BCUT2D eigenvalue weighted by Gasteiger charge is 2.41. The van der Waals surface area contributed by atoms with Crippen molar-refractivity contribution < 1.29 is 26.3 Å². The number of anilines is 1. The van der Waals surface area contributed by atoms with Crippen molar-refractivity contribution in [2.45, 2.75) is 12.4 Å². The molecule has 0 bridgehead atoms. The van der Waals surface area contributed by atoms with Crippen molar-refractivity contribution in [2.75, 3.05) is 5.73 Å². The number of hydrogen-bond donors (Lipinski definition) is 1. The zero-order chi connectivity index (χ0) is 19.4. The average Bonchev–Trinajstić information content (AvgIpc) is 2.84. The van der Waals surface area contributed by atoms with Crippen LogP contribution in [0, 0.1) is 0 Å². The van der Waals surface area contributed by atoms with E-state index in [2.05, 4.69) is 15.1 Å². The van der Waals surface area contributed by atoms with Crippen molar-refractivity contribution in [3.05, 3.63) is 39.6 Å². The second-order valence-electron chi connectivity index (χ2n) is 4.99. The summed E-state index contributed by atoms with van der Waals surface area (Å²) in [5, 5.41) is 2.64. The molecule has 2 N–H and O–H groups in total. The van der Waals surface area contributed by atoms with Crippen LogP contribution in [-0.4, -0.2) is 19.7 Å². The monoisotopic (exact) mass is 415 g/mol. The maximum absolute atomic E-state index is 13.3. The molecule has 138 valence electrons. The summed E-state index contributed by atoms with van der Waals surface area (Å²) in [7, 11) is 0. The third-order valence-corrected chi connectivity index (χ3v) is 3.77. The van der Waals surface area contributed by atoms with E-state index in [1.54, 1.807) is 0 Å². The Labute approximate surface area is 150 Å². The molecule has 3 aromatic heterocycles. The average molecular weight is 416 g/mol. The highest BCUT2D eigenvalue weighted by atomic mass is 35.5. The minimum absolute atomic E-state index is 0.0802. The SMILES string of the molecule is Nc1c2c(C(F)(F)F)cc(C(F)(F)F)nc2nn1-c1nc(Cl)ccc1Cl. The summed E-state index contributed by atoms with van der Waals surface area (Å²) in [5.74, 6) is -0.887. The fraction of sp³-hybridized carbons (Fsp3) is 0.154. The third kappa shape index (κ3) is 3.12. The van der Waals surface area contributed by atoms with Crippen LogP contribution in [0.3, 0.4) is 0 Å². The Morgan fingerprint density at radius 3 is 2.19 bits per heavy atom. The Bertz CT molecular complexity index is 1010. The maximum atomic E-state index is 13.3. The van der Waals surface area contributed by atoms with Gasteiger partial charge >= 0.3 is 12.4 Å². The lowest BCUT2D eigenvalue weighted by atomic mass is 10.1. The van der Waals surface area contributed by atoms with Crippen LogP contribution in [0.2, 0.25) is 10.2 Å². The molecule has 0 atom stereocenters. The normalized spacial score (nSPS) is 12.8. The second kappa shape index (κ2) is 5.88. The molecular weight excluding hydrogens is 411 g/mol. The van der Waals surface area contributed by atoms with E-state index >= 15 is 0 Å². The number of aromatic nitrogens is 4. The van der Waals surface area contributed by atoms with E-state index in [1.807, 2.05) is 0 Å². The Morgan fingerprint density at radius 1 is 0.962 bits per heavy atom. The summed E-state index contributed by atoms with van der Waals surface area (Å²) < 4.78 is 79.1. The zero-order valence-corrected chi connectivity index (χ0v) is 13.6. The molecule has 0 aliphatic carbocycles. The highest BCUT2D eigenvalue weighted by Crippen LogP contribution is 2.41. The summed E-state index contributed by atoms with van der Waals surface area (Å²) in [6.45, 7) is 0. The standard InChI is InChI=1S/C13H5Cl2F6N5/c14-5-1-2-7(15)24-11(5)26-9(22)8-4(12(16,17)18)3-6(13(19,20)21)23-10(8)25-26/h1-3H,22H2. The minimum Gasteiger partial charge on any atom is -0.383 e. The summed E-state index contributed by atoms with van der Waals surface area (Å²) in [6.07, 6.45) is -10.2. The summed E-state index contributed by atoms with van der Waals surface area (Å²) in [5.41, 5.74) is 1.44. The van der Waals surface area contributed by atoms with Crippen LogP contribution in [-0.2, 0) is 12.4 Å². The Morgan fingerprint density at radius 2 is 1.62 bits per heavy atom. The zero-order valence-electron chi connectivity index (χ0n) is 12.1. The van der Waals surface area contributed by atoms with Gasteiger partial charge in [0, 0.05) is 0 Å². The minimum atomic E-state index is -5.13. The molecule has 0 spiro atoms. The van der Waals surface area contributed by atoms with E-state index in [-0.39, 0.29) is 22.1 Å². The van der Waals surface area contributed by atoms with E-state index in [1.165, 1.54) is 12.1 Å². The van der Waals surface area contributed by atoms with E-state index in [0.717, 1.165) is 0 Å². The van der Waals surface area contributed by atoms with Crippen LogP contribution in [0.4, 0.5) is 32.2 Å². The molecule has 3 heterocycles. The number of halogens is 8. The Kier molecular flexibility index (Phi) is 4.19. The molecule has 3 aromatic rings. The van der Waals surface area contributed by atoms with Crippen molar-refractivity contribution in [1.29, 1.82) is 0 Å². The van der Waals surface area contributed by atoms with Gasteiger partial charge in [-0.05, 0) is 18.2 Å². The van der Waals surface area contributed by atoms with Gasteiger partial charge in [-0.2, -0.15) is 31.0 Å².